The Kier molecular flexibility index (Phi) is 4.62. The van der Waals surface area contributed by atoms with Crippen LogP contribution in [0.3, 0.4) is 0 Å². The van der Waals surface area contributed by atoms with Gasteiger partial charge < -0.3 is 15.2 Å². The first-order chi connectivity index (χ1) is 7.54. The maximum Gasteiger partial charge on any atom is 0.145 e. The minimum atomic E-state index is 0.104. The summed E-state index contributed by atoms with van der Waals surface area (Å²) in [6, 6.07) is 0. The summed E-state index contributed by atoms with van der Waals surface area (Å²) in [5, 5.41) is 12.0. The number of halogens is 1. The number of ether oxygens (including phenoxy) is 1. The molecule has 0 aliphatic heterocycles. The molecule has 0 atom stereocenters. The molecule has 3 nitrogen and oxygen atoms in total. The fourth-order valence-corrected chi connectivity index (χ4v) is 2.23. The second kappa shape index (κ2) is 5.55. The second-order valence-corrected chi connectivity index (χ2v) is 4.54. The third kappa shape index (κ3) is 2.33. The molecule has 1 aromatic rings. The lowest BCUT2D eigenvalue weighted by Crippen LogP contribution is -2.10. The maximum atomic E-state index is 8.86. The summed E-state index contributed by atoms with van der Waals surface area (Å²) in [5.74, 6) is 0.853. The van der Waals surface area contributed by atoms with Crippen molar-refractivity contribution in [1.82, 2.24) is 0 Å². The molecule has 0 saturated heterocycles. The van der Waals surface area contributed by atoms with E-state index in [1.165, 1.54) is 5.56 Å². The summed E-state index contributed by atoms with van der Waals surface area (Å²) in [6.45, 7) is 6.74. The molecule has 0 bridgehead atoms. The molecule has 2 N–H and O–H groups in total. The first kappa shape index (κ1) is 13.3. The Labute approximate surface area is 105 Å². The first-order valence-electron chi connectivity index (χ1n) is 5.22. The molecule has 0 aliphatic carbocycles. The number of aliphatic hydroxyl groups is 1. The fourth-order valence-electron chi connectivity index (χ4n) is 1.73. The molecule has 0 amide bonds. The van der Waals surface area contributed by atoms with Crippen LogP contribution in [0.2, 0.25) is 0 Å². The van der Waals surface area contributed by atoms with E-state index in [9.17, 15) is 0 Å². The smallest absolute Gasteiger partial charge is 0.145 e. The van der Waals surface area contributed by atoms with Crippen LogP contribution in [0.5, 0.6) is 5.75 Å². The highest BCUT2D eigenvalue weighted by atomic mass is 79.9. The van der Waals surface area contributed by atoms with E-state index in [1.54, 1.807) is 7.11 Å². The lowest BCUT2D eigenvalue weighted by atomic mass is 10.0. The molecule has 16 heavy (non-hydrogen) atoms. The lowest BCUT2D eigenvalue weighted by Gasteiger charge is -2.19. The second-order valence-electron chi connectivity index (χ2n) is 3.75. The van der Waals surface area contributed by atoms with Gasteiger partial charge in [0, 0.05) is 11.0 Å². The van der Waals surface area contributed by atoms with Crippen molar-refractivity contribution in [1.29, 1.82) is 0 Å². The molecule has 4 heteroatoms. The van der Waals surface area contributed by atoms with E-state index in [2.05, 4.69) is 28.2 Å². The summed E-state index contributed by atoms with van der Waals surface area (Å²) in [5.41, 5.74) is 4.35. The van der Waals surface area contributed by atoms with Crippen molar-refractivity contribution in [2.24, 2.45) is 0 Å². The van der Waals surface area contributed by atoms with Crippen molar-refractivity contribution >= 4 is 21.6 Å². The topological polar surface area (TPSA) is 41.5 Å². The van der Waals surface area contributed by atoms with Gasteiger partial charge in [-0.05, 0) is 37.5 Å². The Morgan fingerprint density at radius 2 is 1.81 bits per heavy atom. The summed E-state index contributed by atoms with van der Waals surface area (Å²) in [6.07, 6.45) is 0. The van der Waals surface area contributed by atoms with Crippen molar-refractivity contribution in [2.75, 3.05) is 25.6 Å². The number of hydrogen-bond donors (Lipinski definition) is 2. The van der Waals surface area contributed by atoms with Crippen LogP contribution in [0.25, 0.3) is 0 Å². The third-order valence-electron chi connectivity index (χ3n) is 2.78. The number of nitrogens with one attached hydrogen (secondary N) is 1. The van der Waals surface area contributed by atoms with E-state index < -0.39 is 0 Å². The van der Waals surface area contributed by atoms with Crippen molar-refractivity contribution < 1.29 is 9.84 Å². The van der Waals surface area contributed by atoms with E-state index in [1.807, 2.05) is 13.8 Å². The molecular formula is C12H18BrNO2. The Bertz CT molecular complexity index is 391. The number of hydrogen-bond acceptors (Lipinski definition) is 3. The average molecular weight is 288 g/mol. The number of benzene rings is 1. The number of rotatable bonds is 4. The van der Waals surface area contributed by atoms with Gasteiger partial charge in [-0.1, -0.05) is 15.9 Å². The average Bonchev–Trinajstić information content (AvgIpc) is 2.29. The van der Waals surface area contributed by atoms with Gasteiger partial charge in [0.25, 0.3) is 0 Å². The van der Waals surface area contributed by atoms with Gasteiger partial charge in [0.15, 0.2) is 0 Å². The van der Waals surface area contributed by atoms with Crippen LogP contribution in [0.1, 0.15) is 16.7 Å². The monoisotopic (exact) mass is 287 g/mol. The summed E-state index contributed by atoms with van der Waals surface area (Å²) in [4.78, 5) is 0. The molecule has 1 rings (SSSR count). The van der Waals surface area contributed by atoms with Crippen LogP contribution in [0.15, 0.2) is 4.47 Å². The van der Waals surface area contributed by atoms with Gasteiger partial charge in [-0.25, -0.2) is 0 Å². The quantitative estimate of drug-likeness (QED) is 0.895. The number of anilines is 1. The molecule has 1 aromatic carbocycles. The summed E-state index contributed by atoms with van der Waals surface area (Å²) < 4.78 is 6.51. The lowest BCUT2D eigenvalue weighted by molar-refractivity contribution is 0.310. The van der Waals surface area contributed by atoms with E-state index in [4.69, 9.17) is 9.84 Å². The van der Waals surface area contributed by atoms with E-state index in [0.717, 1.165) is 27.0 Å². The van der Waals surface area contributed by atoms with Crippen LogP contribution < -0.4 is 10.1 Å². The third-order valence-corrected chi connectivity index (χ3v) is 3.97. The van der Waals surface area contributed by atoms with Crippen LogP contribution in [-0.4, -0.2) is 25.4 Å². The number of methoxy groups -OCH3 is 1. The largest absolute Gasteiger partial charge is 0.494 e. The van der Waals surface area contributed by atoms with Gasteiger partial charge in [0.05, 0.1) is 19.4 Å². The molecule has 0 heterocycles. The Hall–Kier alpha value is -0.740. The highest BCUT2D eigenvalue weighted by Crippen LogP contribution is 2.39. The van der Waals surface area contributed by atoms with E-state index in [-0.39, 0.29) is 6.61 Å². The van der Waals surface area contributed by atoms with Crippen LogP contribution in [0.4, 0.5) is 5.69 Å². The van der Waals surface area contributed by atoms with Gasteiger partial charge in [-0.15, -0.1) is 0 Å². The van der Waals surface area contributed by atoms with Crippen LogP contribution in [-0.2, 0) is 0 Å². The number of aliphatic hydroxyl groups excluding tert-OH is 1. The highest BCUT2D eigenvalue weighted by molar-refractivity contribution is 9.10. The molecule has 0 spiro atoms. The van der Waals surface area contributed by atoms with Crippen molar-refractivity contribution in [3.8, 4) is 5.75 Å². The normalized spacial score (nSPS) is 10.4. The van der Waals surface area contributed by atoms with Crippen LogP contribution >= 0.6 is 15.9 Å². The molecule has 0 unspecified atom stereocenters. The molecular weight excluding hydrogens is 270 g/mol. The fraction of sp³-hybridized carbons (Fsp3) is 0.500. The van der Waals surface area contributed by atoms with Gasteiger partial charge >= 0.3 is 0 Å². The minimum Gasteiger partial charge on any atom is -0.494 e. The SMILES string of the molecule is COc1c(C)c(C)c(Br)c(C)c1NCCO. The van der Waals surface area contributed by atoms with E-state index in [0.29, 0.717) is 6.54 Å². The minimum absolute atomic E-state index is 0.104. The molecule has 0 radical (unpaired) electrons. The predicted molar refractivity (Wildman–Crippen MR) is 70.5 cm³/mol. The zero-order chi connectivity index (χ0) is 12.3. The molecule has 0 aromatic heterocycles. The van der Waals surface area contributed by atoms with Crippen molar-refractivity contribution in [3.63, 3.8) is 0 Å². The Morgan fingerprint density at radius 1 is 1.19 bits per heavy atom. The zero-order valence-electron chi connectivity index (χ0n) is 10.1. The predicted octanol–water partition coefficient (Wildman–Crippen LogP) is 2.79. The van der Waals surface area contributed by atoms with Crippen LogP contribution in [0, 0.1) is 20.8 Å². The van der Waals surface area contributed by atoms with Gasteiger partial charge in [0.2, 0.25) is 0 Å². The molecule has 0 aliphatic rings. The Morgan fingerprint density at radius 3 is 2.31 bits per heavy atom. The summed E-state index contributed by atoms with van der Waals surface area (Å²) >= 11 is 3.58. The summed E-state index contributed by atoms with van der Waals surface area (Å²) in [7, 11) is 1.67. The standard InChI is InChI=1S/C12H18BrNO2/c1-7-8(2)12(16-4)11(14-5-6-15)9(3)10(7)13/h14-15H,5-6H2,1-4H3. The van der Waals surface area contributed by atoms with E-state index >= 15 is 0 Å². The Balaban J connectivity index is 3.33. The maximum absolute atomic E-state index is 8.86. The molecule has 0 saturated carbocycles. The zero-order valence-corrected chi connectivity index (χ0v) is 11.7. The molecule has 90 valence electrons. The van der Waals surface area contributed by atoms with Crippen molar-refractivity contribution in [2.45, 2.75) is 20.8 Å². The van der Waals surface area contributed by atoms with Gasteiger partial charge in [-0.3, -0.25) is 0 Å². The van der Waals surface area contributed by atoms with Gasteiger partial charge in [-0.2, -0.15) is 0 Å². The first-order valence-corrected chi connectivity index (χ1v) is 6.01. The van der Waals surface area contributed by atoms with Crippen molar-refractivity contribution in [3.05, 3.63) is 21.2 Å². The molecule has 0 fully saturated rings. The van der Waals surface area contributed by atoms with Gasteiger partial charge in [0.1, 0.15) is 5.75 Å². The highest BCUT2D eigenvalue weighted by Gasteiger charge is 2.15.